The van der Waals surface area contributed by atoms with Crippen LogP contribution in [0.4, 0.5) is 0 Å². The molecule has 1 spiro atoms. The Labute approximate surface area is 127 Å². The number of halogens is 1. The average molecular weight is 300 g/mol. The topological polar surface area (TPSA) is 50.2 Å². The average Bonchev–Trinajstić information content (AvgIpc) is 3.23. The lowest BCUT2D eigenvalue weighted by Gasteiger charge is -2.19. The molecule has 1 aromatic carbocycles. The van der Waals surface area contributed by atoms with E-state index in [-0.39, 0.29) is 5.92 Å². The molecule has 0 aliphatic heterocycles. The number of pyridine rings is 1. The highest BCUT2D eigenvalue weighted by Gasteiger charge is 2.63. The molecule has 3 nitrogen and oxygen atoms in total. The lowest BCUT2D eigenvalue weighted by Crippen LogP contribution is -2.19. The van der Waals surface area contributed by atoms with Gasteiger partial charge in [0, 0.05) is 11.2 Å². The molecule has 2 aliphatic carbocycles. The Balaban J connectivity index is 1.98. The lowest BCUT2D eigenvalue weighted by molar-refractivity contribution is -0.138. The number of aromatic nitrogens is 1. The van der Waals surface area contributed by atoms with E-state index in [0.717, 1.165) is 35.2 Å². The maximum Gasteiger partial charge on any atom is 0.307 e. The Hall–Kier alpha value is -1.87. The van der Waals surface area contributed by atoms with Crippen LogP contribution in [-0.2, 0) is 23.1 Å². The van der Waals surface area contributed by atoms with Gasteiger partial charge in [-0.05, 0) is 54.2 Å². The van der Waals surface area contributed by atoms with Gasteiger partial charge in [-0.2, -0.15) is 0 Å². The lowest BCUT2D eigenvalue weighted by atomic mass is 9.86. The van der Waals surface area contributed by atoms with Gasteiger partial charge in [-0.15, -0.1) is 0 Å². The normalized spacial score (nSPS) is 25.9. The van der Waals surface area contributed by atoms with Crippen LogP contribution in [0.2, 0.25) is 5.02 Å². The third-order valence-corrected chi connectivity index (χ3v) is 5.02. The number of carboxylic acid groups (broad SMARTS) is 1. The summed E-state index contributed by atoms with van der Waals surface area (Å²) >= 11 is 6.12. The summed E-state index contributed by atoms with van der Waals surface area (Å²) in [7, 11) is 0. The first-order valence-corrected chi connectivity index (χ1v) is 7.47. The summed E-state index contributed by atoms with van der Waals surface area (Å²) in [5.74, 6) is -1.13. The number of rotatable bonds is 1. The minimum Gasteiger partial charge on any atom is -0.481 e. The minimum atomic E-state index is -0.741. The quantitative estimate of drug-likeness (QED) is 0.879. The molecule has 0 amide bonds. The Morgan fingerprint density at radius 3 is 2.86 bits per heavy atom. The van der Waals surface area contributed by atoms with E-state index in [9.17, 15) is 9.90 Å². The summed E-state index contributed by atoms with van der Waals surface area (Å²) < 4.78 is 0. The van der Waals surface area contributed by atoms with E-state index in [0.29, 0.717) is 11.4 Å². The van der Waals surface area contributed by atoms with Crippen LogP contribution >= 0.6 is 11.6 Å². The van der Waals surface area contributed by atoms with Crippen molar-refractivity contribution in [2.24, 2.45) is 5.92 Å². The molecule has 106 valence electrons. The molecule has 0 radical (unpaired) electrons. The van der Waals surface area contributed by atoms with Gasteiger partial charge in [0.25, 0.3) is 0 Å². The molecule has 4 heteroatoms. The largest absolute Gasteiger partial charge is 0.481 e. The standard InChI is InChI=1S/C17H14ClNO2/c18-12-5-6-13-11(8-12)4-3-10-2-1-7-19-15(10)17(13)9-14(17)16(20)21/h1-2,5-8,14H,3-4,9H2,(H,20,21)/t14-,17-/m0/s1. The van der Waals surface area contributed by atoms with Crippen molar-refractivity contribution < 1.29 is 9.90 Å². The highest BCUT2D eigenvalue weighted by Crippen LogP contribution is 2.61. The first-order valence-electron chi connectivity index (χ1n) is 7.09. The van der Waals surface area contributed by atoms with Crippen molar-refractivity contribution in [3.63, 3.8) is 0 Å². The maximum absolute atomic E-state index is 11.6. The summed E-state index contributed by atoms with van der Waals surface area (Å²) in [5, 5.41) is 10.2. The number of aryl methyl sites for hydroxylation is 2. The second-order valence-corrected chi connectivity index (χ2v) is 6.32. The van der Waals surface area contributed by atoms with Crippen molar-refractivity contribution in [1.29, 1.82) is 0 Å². The second-order valence-electron chi connectivity index (χ2n) is 5.88. The zero-order valence-electron chi connectivity index (χ0n) is 11.3. The van der Waals surface area contributed by atoms with Crippen molar-refractivity contribution in [2.75, 3.05) is 0 Å². The third-order valence-electron chi connectivity index (χ3n) is 4.78. The summed E-state index contributed by atoms with van der Waals surface area (Å²) in [6.07, 6.45) is 4.15. The van der Waals surface area contributed by atoms with Gasteiger partial charge in [-0.1, -0.05) is 23.7 Å². The number of fused-ring (bicyclic) bond motifs is 4. The third kappa shape index (κ3) is 1.74. The number of carboxylic acids is 1. The molecule has 2 aromatic rings. The van der Waals surface area contributed by atoms with Gasteiger partial charge < -0.3 is 5.11 Å². The summed E-state index contributed by atoms with van der Waals surface area (Å²) in [6, 6.07) is 9.81. The number of carbonyl (C=O) groups is 1. The van der Waals surface area contributed by atoms with Gasteiger partial charge in [0.05, 0.1) is 17.0 Å². The number of aliphatic carboxylic acids is 1. The molecule has 1 saturated carbocycles. The monoisotopic (exact) mass is 299 g/mol. The van der Waals surface area contributed by atoms with Crippen LogP contribution in [0.5, 0.6) is 0 Å². The number of nitrogens with zero attached hydrogens (tertiary/aromatic N) is 1. The molecule has 2 aliphatic rings. The Morgan fingerprint density at radius 1 is 1.29 bits per heavy atom. The fourth-order valence-corrected chi connectivity index (χ4v) is 3.96. The van der Waals surface area contributed by atoms with Crippen molar-refractivity contribution >= 4 is 17.6 Å². The van der Waals surface area contributed by atoms with Crippen molar-refractivity contribution in [3.8, 4) is 0 Å². The molecule has 2 atom stereocenters. The molecule has 21 heavy (non-hydrogen) atoms. The van der Waals surface area contributed by atoms with E-state index < -0.39 is 11.4 Å². The predicted molar refractivity (Wildman–Crippen MR) is 79.6 cm³/mol. The van der Waals surface area contributed by atoms with Gasteiger partial charge in [0.1, 0.15) is 0 Å². The zero-order chi connectivity index (χ0) is 14.6. The smallest absolute Gasteiger partial charge is 0.307 e. The van der Waals surface area contributed by atoms with Crippen molar-refractivity contribution in [1.82, 2.24) is 4.98 Å². The number of hydrogen-bond donors (Lipinski definition) is 1. The second kappa shape index (κ2) is 4.31. The zero-order valence-corrected chi connectivity index (χ0v) is 12.1. The van der Waals surface area contributed by atoms with Crippen LogP contribution in [0.3, 0.4) is 0 Å². The van der Waals surface area contributed by atoms with E-state index >= 15 is 0 Å². The first kappa shape index (κ1) is 12.8. The summed E-state index contributed by atoms with van der Waals surface area (Å²) in [5.41, 5.74) is 3.90. The fraction of sp³-hybridized carbons (Fsp3) is 0.294. The van der Waals surface area contributed by atoms with E-state index in [1.54, 1.807) is 6.20 Å². The SMILES string of the molecule is O=C(O)[C@@H]1C[C@]12c1ccc(Cl)cc1CCc1cccnc12. The first-order chi connectivity index (χ1) is 10.1. The van der Waals surface area contributed by atoms with E-state index in [1.165, 1.54) is 0 Å². The number of benzene rings is 1. The molecule has 0 saturated heterocycles. The fourth-order valence-electron chi connectivity index (χ4n) is 3.76. The van der Waals surface area contributed by atoms with Crippen LogP contribution in [0.1, 0.15) is 28.8 Å². The molecule has 1 aromatic heterocycles. The van der Waals surface area contributed by atoms with Crippen LogP contribution in [0.25, 0.3) is 0 Å². The molecular weight excluding hydrogens is 286 g/mol. The van der Waals surface area contributed by atoms with E-state index in [1.807, 2.05) is 24.3 Å². The van der Waals surface area contributed by atoms with Crippen LogP contribution < -0.4 is 0 Å². The van der Waals surface area contributed by atoms with Gasteiger partial charge >= 0.3 is 5.97 Å². The Morgan fingerprint density at radius 2 is 2.10 bits per heavy atom. The molecule has 0 bridgehead atoms. The van der Waals surface area contributed by atoms with Gasteiger partial charge in [-0.3, -0.25) is 9.78 Å². The highest BCUT2D eigenvalue weighted by atomic mass is 35.5. The Bertz CT molecular complexity index is 758. The van der Waals surface area contributed by atoms with E-state index in [4.69, 9.17) is 11.6 Å². The van der Waals surface area contributed by atoms with Crippen LogP contribution in [0, 0.1) is 5.92 Å². The van der Waals surface area contributed by atoms with Gasteiger partial charge in [-0.25, -0.2) is 0 Å². The molecule has 4 rings (SSSR count). The summed E-state index contributed by atoms with van der Waals surface area (Å²) in [4.78, 5) is 16.1. The molecular formula is C17H14ClNO2. The van der Waals surface area contributed by atoms with Crippen molar-refractivity contribution in [3.05, 3.63) is 63.9 Å². The maximum atomic E-state index is 11.6. The molecule has 1 fully saturated rings. The van der Waals surface area contributed by atoms with E-state index in [2.05, 4.69) is 11.1 Å². The molecule has 1 heterocycles. The van der Waals surface area contributed by atoms with Crippen LogP contribution in [0.15, 0.2) is 36.5 Å². The predicted octanol–water partition coefficient (Wildman–Crippen LogP) is 3.22. The molecule has 0 unspecified atom stereocenters. The summed E-state index contributed by atoms with van der Waals surface area (Å²) in [6.45, 7) is 0. The number of hydrogen-bond acceptors (Lipinski definition) is 2. The highest BCUT2D eigenvalue weighted by molar-refractivity contribution is 6.30. The molecule has 1 N–H and O–H groups in total. The van der Waals surface area contributed by atoms with Crippen molar-refractivity contribution in [2.45, 2.75) is 24.7 Å². The minimum absolute atomic E-state index is 0.385. The van der Waals surface area contributed by atoms with Crippen LogP contribution in [-0.4, -0.2) is 16.1 Å². The Kier molecular flexibility index (Phi) is 2.64. The van der Waals surface area contributed by atoms with Gasteiger partial charge in [0.15, 0.2) is 0 Å². The van der Waals surface area contributed by atoms with Gasteiger partial charge in [0.2, 0.25) is 0 Å².